The van der Waals surface area contributed by atoms with E-state index < -0.39 is 0 Å². The summed E-state index contributed by atoms with van der Waals surface area (Å²) in [6.07, 6.45) is 4.18. The number of fused-ring (bicyclic) bond motifs is 6. The molecule has 0 unspecified atom stereocenters. The van der Waals surface area contributed by atoms with E-state index in [9.17, 15) is 0 Å². The maximum Gasteiger partial charge on any atom is 0.0575 e. The molecule has 0 bridgehead atoms. The van der Waals surface area contributed by atoms with Crippen molar-refractivity contribution in [3.8, 4) is 39.2 Å². The molecule has 0 saturated carbocycles. The molecule has 1 nitrogen and oxygen atoms in total. The molecular formula is C44H35N. The standard InChI is InChI=1S/C44H35N/c1-4-29(2)30(3)32-14-10-15-33(26-32)34-20-24-41-42-25-22-36-27-35(39-19-11-13-31-12-8-9-18-38(31)39)21-23-40(36)44(42)45(43(41)28-34)37-16-6-5-7-17-37/h4-21,23-24,26-28H,3,22,25H2,1-2H3/b29-4-. The van der Waals surface area contributed by atoms with Crippen LogP contribution in [-0.2, 0) is 12.8 Å². The predicted molar refractivity (Wildman–Crippen MR) is 193 cm³/mol. The molecule has 6 aromatic carbocycles. The van der Waals surface area contributed by atoms with Gasteiger partial charge in [0.25, 0.3) is 0 Å². The Labute approximate surface area is 265 Å². The third-order valence-corrected chi connectivity index (χ3v) is 9.65. The van der Waals surface area contributed by atoms with Gasteiger partial charge in [0, 0.05) is 16.6 Å². The summed E-state index contributed by atoms with van der Waals surface area (Å²) in [4.78, 5) is 0. The summed E-state index contributed by atoms with van der Waals surface area (Å²) in [5, 5.41) is 3.92. The lowest BCUT2D eigenvalue weighted by Gasteiger charge is -2.21. The molecule has 1 heterocycles. The third kappa shape index (κ3) is 4.55. The van der Waals surface area contributed by atoms with Gasteiger partial charge in [0.15, 0.2) is 0 Å². The fourth-order valence-corrected chi connectivity index (χ4v) is 7.14. The van der Waals surface area contributed by atoms with Crippen LogP contribution < -0.4 is 0 Å². The first kappa shape index (κ1) is 27.2. The van der Waals surface area contributed by atoms with Gasteiger partial charge in [-0.2, -0.15) is 0 Å². The van der Waals surface area contributed by atoms with Crippen LogP contribution in [0.2, 0.25) is 0 Å². The molecule has 0 fully saturated rings. The number of benzene rings is 6. The lowest BCUT2D eigenvalue weighted by atomic mass is 9.86. The maximum atomic E-state index is 4.37. The van der Waals surface area contributed by atoms with E-state index in [0.717, 1.165) is 24.0 Å². The summed E-state index contributed by atoms with van der Waals surface area (Å²) in [6, 6.07) is 49.1. The molecule has 0 saturated heterocycles. The first-order valence-corrected chi connectivity index (χ1v) is 15.9. The molecule has 0 amide bonds. The van der Waals surface area contributed by atoms with E-state index in [1.54, 1.807) is 0 Å². The first-order chi connectivity index (χ1) is 22.1. The number of allylic oxidation sites excluding steroid dienone is 3. The van der Waals surface area contributed by atoms with Crippen LogP contribution in [-0.4, -0.2) is 4.57 Å². The van der Waals surface area contributed by atoms with Crippen molar-refractivity contribution in [1.29, 1.82) is 0 Å². The van der Waals surface area contributed by atoms with Gasteiger partial charge in [0.1, 0.15) is 0 Å². The molecule has 7 aromatic rings. The van der Waals surface area contributed by atoms with E-state index >= 15 is 0 Å². The van der Waals surface area contributed by atoms with Crippen molar-refractivity contribution >= 4 is 27.2 Å². The molecule has 8 rings (SSSR count). The van der Waals surface area contributed by atoms with Crippen LogP contribution >= 0.6 is 0 Å². The van der Waals surface area contributed by atoms with Crippen LogP contribution in [0, 0.1) is 0 Å². The molecule has 0 atom stereocenters. The van der Waals surface area contributed by atoms with Crippen molar-refractivity contribution in [3.63, 3.8) is 0 Å². The zero-order valence-electron chi connectivity index (χ0n) is 25.8. The highest BCUT2D eigenvalue weighted by atomic mass is 15.0. The van der Waals surface area contributed by atoms with E-state index in [1.807, 2.05) is 0 Å². The second kappa shape index (κ2) is 10.9. The highest BCUT2D eigenvalue weighted by molar-refractivity contribution is 6.00. The van der Waals surface area contributed by atoms with Crippen molar-refractivity contribution in [3.05, 3.63) is 168 Å². The van der Waals surface area contributed by atoms with Crippen LogP contribution in [0.4, 0.5) is 0 Å². The average Bonchev–Trinajstić information content (AvgIpc) is 3.45. The van der Waals surface area contributed by atoms with E-state index in [4.69, 9.17) is 0 Å². The molecule has 0 aliphatic heterocycles. The summed E-state index contributed by atoms with van der Waals surface area (Å²) in [5.41, 5.74) is 16.4. The highest BCUT2D eigenvalue weighted by Gasteiger charge is 2.26. The largest absolute Gasteiger partial charge is 0.309 e. The summed E-state index contributed by atoms with van der Waals surface area (Å²) in [6.45, 7) is 8.56. The molecule has 1 aromatic heterocycles. The summed E-state index contributed by atoms with van der Waals surface area (Å²) in [7, 11) is 0. The summed E-state index contributed by atoms with van der Waals surface area (Å²) in [5.74, 6) is 0. The second-order valence-electron chi connectivity index (χ2n) is 12.2. The Morgan fingerprint density at radius 3 is 2.27 bits per heavy atom. The van der Waals surface area contributed by atoms with Crippen molar-refractivity contribution in [1.82, 2.24) is 4.57 Å². The number of aromatic nitrogens is 1. The molecule has 1 aliphatic carbocycles. The molecule has 45 heavy (non-hydrogen) atoms. The lowest BCUT2D eigenvalue weighted by molar-refractivity contribution is 0.934. The van der Waals surface area contributed by atoms with E-state index in [-0.39, 0.29) is 0 Å². The van der Waals surface area contributed by atoms with Crippen LogP contribution in [0.3, 0.4) is 0 Å². The minimum Gasteiger partial charge on any atom is -0.309 e. The zero-order valence-corrected chi connectivity index (χ0v) is 25.8. The van der Waals surface area contributed by atoms with Gasteiger partial charge in [-0.3, -0.25) is 0 Å². The highest BCUT2D eigenvalue weighted by Crippen LogP contribution is 2.44. The van der Waals surface area contributed by atoms with E-state index in [0.29, 0.717) is 0 Å². The molecule has 1 heteroatoms. The fraction of sp³-hybridized carbons (Fsp3) is 0.0909. The number of hydrogen-bond donors (Lipinski definition) is 0. The SMILES string of the molecule is C=C(/C(C)=C\C)c1cccc(-c2ccc3c4c(n(-c5ccccc5)c3c2)-c2ccc(-c3cccc5ccccc35)cc2CC4)c1. The van der Waals surface area contributed by atoms with Gasteiger partial charge >= 0.3 is 0 Å². The van der Waals surface area contributed by atoms with Crippen LogP contribution in [0.15, 0.2) is 152 Å². The topological polar surface area (TPSA) is 4.93 Å². The predicted octanol–water partition coefficient (Wildman–Crippen LogP) is 11.9. The monoisotopic (exact) mass is 577 g/mol. The Kier molecular flexibility index (Phi) is 6.61. The van der Waals surface area contributed by atoms with Crippen LogP contribution in [0.1, 0.15) is 30.5 Å². The molecule has 0 N–H and O–H groups in total. The second-order valence-corrected chi connectivity index (χ2v) is 12.2. The Morgan fingerprint density at radius 2 is 1.40 bits per heavy atom. The van der Waals surface area contributed by atoms with Gasteiger partial charge in [-0.05, 0) is 112 Å². The van der Waals surface area contributed by atoms with Gasteiger partial charge in [-0.15, -0.1) is 0 Å². The molecule has 0 spiro atoms. The minimum absolute atomic E-state index is 1.02. The number of aryl methyl sites for hydroxylation is 2. The maximum absolute atomic E-state index is 4.37. The lowest BCUT2D eigenvalue weighted by Crippen LogP contribution is -2.07. The smallest absolute Gasteiger partial charge is 0.0575 e. The van der Waals surface area contributed by atoms with Gasteiger partial charge < -0.3 is 4.57 Å². The normalized spacial score (nSPS) is 12.7. The number of hydrogen-bond acceptors (Lipinski definition) is 0. The van der Waals surface area contributed by atoms with E-state index in [1.165, 1.54) is 77.6 Å². The first-order valence-electron chi connectivity index (χ1n) is 15.9. The van der Waals surface area contributed by atoms with Gasteiger partial charge in [-0.1, -0.05) is 122 Å². The van der Waals surface area contributed by atoms with Crippen molar-refractivity contribution in [2.24, 2.45) is 0 Å². The Morgan fingerprint density at radius 1 is 0.644 bits per heavy atom. The Bertz CT molecular complexity index is 2290. The number of para-hydroxylation sites is 1. The summed E-state index contributed by atoms with van der Waals surface area (Å²) < 4.78 is 2.50. The molecule has 216 valence electrons. The minimum atomic E-state index is 1.02. The zero-order chi connectivity index (χ0) is 30.5. The third-order valence-electron chi connectivity index (χ3n) is 9.65. The molecule has 1 aliphatic rings. The van der Waals surface area contributed by atoms with E-state index in [2.05, 4.69) is 165 Å². The van der Waals surface area contributed by atoms with Crippen LogP contribution in [0.25, 0.3) is 66.4 Å². The average molecular weight is 578 g/mol. The molecular weight excluding hydrogens is 542 g/mol. The van der Waals surface area contributed by atoms with Gasteiger partial charge in [-0.25, -0.2) is 0 Å². The Hall–Kier alpha value is -5.40. The van der Waals surface area contributed by atoms with Gasteiger partial charge in [0.05, 0.1) is 11.2 Å². The fourth-order valence-electron chi connectivity index (χ4n) is 7.14. The van der Waals surface area contributed by atoms with Crippen molar-refractivity contribution in [2.75, 3.05) is 0 Å². The van der Waals surface area contributed by atoms with Crippen molar-refractivity contribution in [2.45, 2.75) is 26.7 Å². The Balaban J connectivity index is 1.31. The molecule has 0 radical (unpaired) electrons. The van der Waals surface area contributed by atoms with Gasteiger partial charge in [0.2, 0.25) is 0 Å². The van der Waals surface area contributed by atoms with Crippen molar-refractivity contribution < 1.29 is 0 Å². The summed E-state index contributed by atoms with van der Waals surface area (Å²) >= 11 is 0. The number of nitrogens with zero attached hydrogens (tertiary/aromatic N) is 1. The number of rotatable bonds is 5. The van der Waals surface area contributed by atoms with Crippen LogP contribution in [0.5, 0.6) is 0 Å². The quantitative estimate of drug-likeness (QED) is 0.179.